The molecule has 1 fully saturated rings. The minimum absolute atomic E-state index is 0.0114. The summed E-state index contributed by atoms with van der Waals surface area (Å²) in [7, 11) is -3.33. The van der Waals surface area contributed by atoms with Gasteiger partial charge in [0, 0.05) is 26.2 Å². The molecule has 3 rings (SSSR count). The Hall–Kier alpha value is -2.16. The number of furan rings is 1. The molecule has 1 aromatic heterocycles. The van der Waals surface area contributed by atoms with Crippen molar-refractivity contribution >= 4 is 15.9 Å². The van der Waals surface area contributed by atoms with E-state index in [1.165, 1.54) is 4.31 Å². The van der Waals surface area contributed by atoms with E-state index in [2.05, 4.69) is 5.32 Å². The summed E-state index contributed by atoms with van der Waals surface area (Å²) in [5.74, 6) is 0.620. The fourth-order valence-electron chi connectivity index (χ4n) is 2.90. The SMILES string of the molecule is O=C(CN1CCN(S(=O)(=O)Cc2ccccc2)CC1)NCc1ccco1. The molecule has 0 radical (unpaired) electrons. The number of sulfonamides is 1. The number of nitrogens with one attached hydrogen (secondary N) is 1. The highest BCUT2D eigenvalue weighted by molar-refractivity contribution is 7.88. The van der Waals surface area contributed by atoms with Crippen molar-refractivity contribution in [3.05, 3.63) is 60.1 Å². The third-order valence-electron chi connectivity index (χ3n) is 4.32. The van der Waals surface area contributed by atoms with Gasteiger partial charge in [-0.1, -0.05) is 30.3 Å². The lowest BCUT2D eigenvalue weighted by Gasteiger charge is -2.33. The summed E-state index contributed by atoms with van der Waals surface area (Å²) in [5.41, 5.74) is 0.784. The normalized spacial score (nSPS) is 16.5. The molecule has 0 aliphatic carbocycles. The highest BCUT2D eigenvalue weighted by Crippen LogP contribution is 2.13. The molecule has 1 aliphatic rings. The van der Waals surface area contributed by atoms with Crippen LogP contribution in [0.25, 0.3) is 0 Å². The summed E-state index contributed by atoms with van der Waals surface area (Å²) >= 11 is 0. The maximum absolute atomic E-state index is 12.5. The molecule has 0 atom stereocenters. The van der Waals surface area contributed by atoms with Gasteiger partial charge in [0.25, 0.3) is 0 Å². The predicted molar refractivity (Wildman–Crippen MR) is 97.6 cm³/mol. The lowest BCUT2D eigenvalue weighted by Crippen LogP contribution is -2.51. The molecule has 8 heteroatoms. The first-order chi connectivity index (χ1) is 12.5. The third kappa shape index (κ3) is 5.17. The molecule has 0 bridgehead atoms. The number of rotatable bonds is 7. The molecule has 2 aromatic rings. The van der Waals surface area contributed by atoms with Gasteiger partial charge < -0.3 is 9.73 Å². The van der Waals surface area contributed by atoms with Crippen molar-refractivity contribution in [2.24, 2.45) is 0 Å². The molecule has 1 aromatic carbocycles. The quantitative estimate of drug-likeness (QED) is 0.780. The number of carbonyl (C=O) groups excluding carboxylic acids is 1. The zero-order valence-corrected chi connectivity index (χ0v) is 15.3. The number of benzene rings is 1. The van der Waals surface area contributed by atoms with E-state index in [1.807, 2.05) is 35.2 Å². The summed E-state index contributed by atoms with van der Waals surface area (Å²) in [6, 6.07) is 12.8. The monoisotopic (exact) mass is 377 g/mol. The molecule has 1 aliphatic heterocycles. The van der Waals surface area contributed by atoms with Gasteiger partial charge in [0.05, 0.1) is 25.1 Å². The molecule has 1 amide bonds. The van der Waals surface area contributed by atoms with Crippen LogP contribution in [0, 0.1) is 0 Å². The molecule has 1 saturated heterocycles. The van der Waals surface area contributed by atoms with E-state index in [-0.39, 0.29) is 18.2 Å². The van der Waals surface area contributed by atoms with Crippen molar-refractivity contribution < 1.29 is 17.6 Å². The molecular formula is C18H23N3O4S. The zero-order chi connectivity index (χ0) is 18.4. The van der Waals surface area contributed by atoms with E-state index in [4.69, 9.17) is 4.42 Å². The zero-order valence-electron chi connectivity index (χ0n) is 14.5. The first kappa shape index (κ1) is 18.6. The van der Waals surface area contributed by atoms with Crippen LogP contribution < -0.4 is 5.32 Å². The third-order valence-corrected chi connectivity index (χ3v) is 6.17. The maximum Gasteiger partial charge on any atom is 0.234 e. The van der Waals surface area contributed by atoms with Crippen LogP contribution in [0.5, 0.6) is 0 Å². The van der Waals surface area contributed by atoms with E-state index < -0.39 is 10.0 Å². The van der Waals surface area contributed by atoms with Gasteiger partial charge in [-0.2, -0.15) is 4.31 Å². The number of nitrogens with zero attached hydrogens (tertiary/aromatic N) is 2. The molecule has 0 unspecified atom stereocenters. The summed E-state index contributed by atoms with van der Waals surface area (Å²) in [5, 5.41) is 2.80. The van der Waals surface area contributed by atoms with Crippen molar-refractivity contribution in [3.8, 4) is 0 Å². The van der Waals surface area contributed by atoms with Gasteiger partial charge in [0.15, 0.2) is 0 Å². The lowest BCUT2D eigenvalue weighted by molar-refractivity contribution is -0.122. The first-order valence-electron chi connectivity index (χ1n) is 8.56. The summed E-state index contributed by atoms with van der Waals surface area (Å²) in [4.78, 5) is 14.0. The Kier molecular flexibility index (Phi) is 6.08. The van der Waals surface area contributed by atoms with Gasteiger partial charge in [-0.05, 0) is 17.7 Å². The first-order valence-corrected chi connectivity index (χ1v) is 10.2. The number of hydrogen-bond acceptors (Lipinski definition) is 5. The predicted octanol–water partition coefficient (Wildman–Crippen LogP) is 1.04. The highest BCUT2D eigenvalue weighted by Gasteiger charge is 2.27. The van der Waals surface area contributed by atoms with E-state index in [0.717, 1.165) is 5.56 Å². The highest BCUT2D eigenvalue weighted by atomic mass is 32.2. The standard InChI is InChI=1S/C18H23N3O4S/c22-18(19-13-17-7-4-12-25-17)14-20-8-10-21(11-9-20)26(23,24)15-16-5-2-1-3-6-16/h1-7,12H,8-11,13-15H2,(H,19,22). The van der Waals surface area contributed by atoms with Crippen LogP contribution >= 0.6 is 0 Å². The number of hydrogen-bond donors (Lipinski definition) is 1. The smallest absolute Gasteiger partial charge is 0.234 e. The average Bonchev–Trinajstić information content (AvgIpc) is 3.14. The van der Waals surface area contributed by atoms with Crippen LogP contribution in [0.15, 0.2) is 53.1 Å². The van der Waals surface area contributed by atoms with E-state index >= 15 is 0 Å². The largest absolute Gasteiger partial charge is 0.467 e. The summed E-state index contributed by atoms with van der Waals surface area (Å²) in [6.45, 7) is 2.51. The topological polar surface area (TPSA) is 82.9 Å². The van der Waals surface area contributed by atoms with Crippen LogP contribution in [0.4, 0.5) is 0 Å². The Balaban J connectivity index is 1.44. The molecule has 0 saturated carbocycles. The van der Waals surface area contributed by atoms with Crippen LogP contribution in [0.2, 0.25) is 0 Å². The minimum atomic E-state index is -3.33. The number of carbonyl (C=O) groups is 1. The van der Waals surface area contributed by atoms with Crippen molar-refractivity contribution in [3.63, 3.8) is 0 Å². The molecule has 1 N–H and O–H groups in total. The van der Waals surface area contributed by atoms with Crippen LogP contribution in [0.1, 0.15) is 11.3 Å². The Morgan fingerprint density at radius 2 is 1.77 bits per heavy atom. The van der Waals surface area contributed by atoms with Crippen molar-refractivity contribution in [2.75, 3.05) is 32.7 Å². The van der Waals surface area contributed by atoms with Gasteiger partial charge >= 0.3 is 0 Å². The molecule has 2 heterocycles. The molecule has 26 heavy (non-hydrogen) atoms. The average molecular weight is 377 g/mol. The second kappa shape index (κ2) is 8.48. The van der Waals surface area contributed by atoms with Crippen molar-refractivity contribution in [1.29, 1.82) is 0 Å². The van der Waals surface area contributed by atoms with Crippen LogP contribution in [-0.2, 0) is 27.1 Å². The van der Waals surface area contributed by atoms with Gasteiger partial charge in [-0.3, -0.25) is 9.69 Å². The second-order valence-electron chi connectivity index (χ2n) is 6.27. The lowest BCUT2D eigenvalue weighted by atomic mass is 10.2. The Bertz CT molecular complexity index is 798. The number of amides is 1. The molecule has 7 nitrogen and oxygen atoms in total. The molecule has 0 spiro atoms. The van der Waals surface area contributed by atoms with E-state index in [9.17, 15) is 13.2 Å². The van der Waals surface area contributed by atoms with Crippen molar-refractivity contribution in [2.45, 2.75) is 12.3 Å². The Morgan fingerprint density at radius 3 is 2.42 bits per heavy atom. The minimum Gasteiger partial charge on any atom is -0.467 e. The molecular weight excluding hydrogens is 354 g/mol. The number of piperazine rings is 1. The van der Waals surface area contributed by atoms with Crippen LogP contribution in [-0.4, -0.2) is 56.3 Å². The maximum atomic E-state index is 12.5. The molecule has 140 valence electrons. The summed E-state index contributed by atoms with van der Waals surface area (Å²) < 4.78 is 31.8. The van der Waals surface area contributed by atoms with E-state index in [0.29, 0.717) is 38.5 Å². The van der Waals surface area contributed by atoms with Crippen LogP contribution in [0.3, 0.4) is 0 Å². The van der Waals surface area contributed by atoms with Gasteiger partial charge in [-0.25, -0.2) is 8.42 Å². The van der Waals surface area contributed by atoms with Crippen molar-refractivity contribution in [1.82, 2.24) is 14.5 Å². The van der Waals surface area contributed by atoms with Gasteiger partial charge in [0.2, 0.25) is 15.9 Å². The summed E-state index contributed by atoms with van der Waals surface area (Å²) in [6.07, 6.45) is 1.57. The van der Waals surface area contributed by atoms with Gasteiger partial charge in [0.1, 0.15) is 5.76 Å². The fraction of sp³-hybridized carbons (Fsp3) is 0.389. The Labute approximate surface area is 153 Å². The van der Waals surface area contributed by atoms with E-state index in [1.54, 1.807) is 18.4 Å². The Morgan fingerprint density at radius 1 is 1.04 bits per heavy atom. The fourth-order valence-corrected chi connectivity index (χ4v) is 4.42. The second-order valence-corrected chi connectivity index (χ2v) is 8.24. The van der Waals surface area contributed by atoms with Gasteiger partial charge in [-0.15, -0.1) is 0 Å².